The molecule has 1 aliphatic carbocycles. The van der Waals surface area contributed by atoms with Crippen LogP contribution in [0.3, 0.4) is 0 Å². The van der Waals surface area contributed by atoms with E-state index < -0.39 is 0 Å². The van der Waals surface area contributed by atoms with E-state index in [-0.39, 0.29) is 5.60 Å². The molecule has 1 saturated carbocycles. The Morgan fingerprint density at radius 3 is 2.41 bits per heavy atom. The van der Waals surface area contributed by atoms with Gasteiger partial charge in [0.15, 0.2) is 0 Å². The fourth-order valence-corrected chi connectivity index (χ4v) is 2.33. The summed E-state index contributed by atoms with van der Waals surface area (Å²) in [5.41, 5.74) is 5.82. The van der Waals surface area contributed by atoms with E-state index in [1.165, 1.54) is 12.8 Å². The Balaban J connectivity index is 2.18. The molecular formula is C14H29NO2. The van der Waals surface area contributed by atoms with Crippen molar-refractivity contribution >= 4 is 0 Å². The van der Waals surface area contributed by atoms with Crippen molar-refractivity contribution in [1.82, 2.24) is 0 Å². The fraction of sp³-hybridized carbons (Fsp3) is 1.00. The van der Waals surface area contributed by atoms with Crippen molar-refractivity contribution in [3.8, 4) is 0 Å². The molecule has 0 amide bonds. The molecule has 0 unspecified atom stereocenters. The first-order chi connectivity index (χ1) is 8.08. The Labute approximate surface area is 106 Å². The van der Waals surface area contributed by atoms with Gasteiger partial charge >= 0.3 is 0 Å². The number of hydrogen-bond acceptors (Lipinski definition) is 3. The number of ether oxygens (including phenoxy) is 2. The minimum absolute atomic E-state index is 0.0618. The minimum atomic E-state index is -0.0618. The molecule has 3 heteroatoms. The number of rotatable bonds is 7. The zero-order valence-corrected chi connectivity index (χ0v) is 11.7. The van der Waals surface area contributed by atoms with Crippen molar-refractivity contribution in [2.75, 3.05) is 26.4 Å². The lowest BCUT2D eigenvalue weighted by atomic mass is 9.79. The van der Waals surface area contributed by atoms with Crippen LogP contribution in [0.2, 0.25) is 0 Å². The summed E-state index contributed by atoms with van der Waals surface area (Å²) in [4.78, 5) is 0. The molecule has 1 aliphatic rings. The molecule has 0 aromatic carbocycles. The van der Waals surface area contributed by atoms with E-state index in [4.69, 9.17) is 15.2 Å². The number of nitrogens with two attached hydrogens (primary N) is 1. The maximum absolute atomic E-state index is 6.00. The van der Waals surface area contributed by atoms with Gasteiger partial charge in [0.25, 0.3) is 0 Å². The molecule has 0 spiro atoms. The van der Waals surface area contributed by atoms with Crippen LogP contribution >= 0.6 is 0 Å². The van der Waals surface area contributed by atoms with Gasteiger partial charge in [-0.2, -0.15) is 0 Å². The largest absolute Gasteiger partial charge is 0.379 e. The van der Waals surface area contributed by atoms with Crippen LogP contribution in [-0.2, 0) is 9.47 Å². The Hall–Kier alpha value is -0.120. The van der Waals surface area contributed by atoms with E-state index in [9.17, 15) is 0 Å². The van der Waals surface area contributed by atoms with Crippen molar-refractivity contribution in [3.05, 3.63) is 0 Å². The van der Waals surface area contributed by atoms with Gasteiger partial charge in [-0.05, 0) is 37.5 Å². The van der Waals surface area contributed by atoms with E-state index in [1.54, 1.807) is 0 Å². The molecule has 2 N–H and O–H groups in total. The molecule has 3 nitrogen and oxygen atoms in total. The summed E-state index contributed by atoms with van der Waals surface area (Å²) in [5.74, 6) is 1.42. The molecule has 17 heavy (non-hydrogen) atoms. The van der Waals surface area contributed by atoms with Gasteiger partial charge in [-0.25, -0.2) is 0 Å². The highest BCUT2D eigenvalue weighted by atomic mass is 16.5. The SMILES string of the molecule is CC(C)COCCOC1(CN)CCC(C)CC1. The topological polar surface area (TPSA) is 44.5 Å². The molecule has 0 bridgehead atoms. The smallest absolute Gasteiger partial charge is 0.0805 e. The van der Waals surface area contributed by atoms with Crippen LogP contribution in [0.15, 0.2) is 0 Å². The summed E-state index contributed by atoms with van der Waals surface area (Å²) in [6.45, 7) is 9.45. The molecule has 0 heterocycles. The third kappa shape index (κ3) is 5.36. The quantitative estimate of drug-likeness (QED) is 0.699. The highest BCUT2D eigenvalue weighted by molar-refractivity contribution is 4.87. The van der Waals surface area contributed by atoms with E-state index in [2.05, 4.69) is 20.8 Å². The molecule has 0 aromatic rings. The van der Waals surface area contributed by atoms with Gasteiger partial charge in [-0.1, -0.05) is 20.8 Å². The Kier molecular flexibility index (Phi) is 6.45. The summed E-state index contributed by atoms with van der Waals surface area (Å²) >= 11 is 0. The second-order valence-corrected chi connectivity index (χ2v) is 5.89. The fourth-order valence-electron chi connectivity index (χ4n) is 2.33. The highest BCUT2D eigenvalue weighted by Crippen LogP contribution is 2.33. The molecule has 0 atom stereocenters. The maximum atomic E-state index is 6.00. The van der Waals surface area contributed by atoms with E-state index in [0.717, 1.165) is 25.4 Å². The second kappa shape index (κ2) is 7.34. The predicted molar refractivity (Wildman–Crippen MR) is 71.0 cm³/mol. The first-order valence-corrected chi connectivity index (χ1v) is 7.00. The third-order valence-corrected chi connectivity index (χ3v) is 3.64. The summed E-state index contributed by atoms with van der Waals surface area (Å²) in [5, 5.41) is 0. The van der Waals surface area contributed by atoms with Gasteiger partial charge < -0.3 is 15.2 Å². The highest BCUT2D eigenvalue weighted by Gasteiger charge is 2.33. The molecule has 0 saturated heterocycles. The minimum Gasteiger partial charge on any atom is -0.379 e. The first-order valence-electron chi connectivity index (χ1n) is 7.00. The normalized spacial score (nSPS) is 29.8. The maximum Gasteiger partial charge on any atom is 0.0805 e. The molecule has 1 fully saturated rings. The lowest BCUT2D eigenvalue weighted by Crippen LogP contribution is -2.44. The Morgan fingerprint density at radius 1 is 1.24 bits per heavy atom. The van der Waals surface area contributed by atoms with E-state index in [1.807, 2.05) is 0 Å². The monoisotopic (exact) mass is 243 g/mol. The predicted octanol–water partition coefficient (Wildman–Crippen LogP) is 2.58. The van der Waals surface area contributed by atoms with Gasteiger partial charge in [0.05, 0.1) is 18.8 Å². The van der Waals surface area contributed by atoms with Gasteiger partial charge in [0.1, 0.15) is 0 Å². The van der Waals surface area contributed by atoms with Gasteiger partial charge in [0, 0.05) is 13.2 Å². The molecule has 0 radical (unpaired) electrons. The second-order valence-electron chi connectivity index (χ2n) is 5.89. The lowest BCUT2D eigenvalue weighted by Gasteiger charge is -2.38. The van der Waals surface area contributed by atoms with Crippen molar-refractivity contribution in [3.63, 3.8) is 0 Å². The molecule has 1 rings (SSSR count). The van der Waals surface area contributed by atoms with Crippen LogP contribution in [0.1, 0.15) is 46.5 Å². The summed E-state index contributed by atoms with van der Waals surface area (Å²) in [7, 11) is 0. The molecule has 0 aliphatic heterocycles. The summed E-state index contributed by atoms with van der Waals surface area (Å²) in [6.07, 6.45) is 4.69. The molecular weight excluding hydrogens is 214 g/mol. The van der Waals surface area contributed by atoms with Crippen LogP contribution in [0.25, 0.3) is 0 Å². The van der Waals surface area contributed by atoms with E-state index >= 15 is 0 Å². The first kappa shape index (κ1) is 14.9. The zero-order chi connectivity index (χ0) is 12.7. The van der Waals surface area contributed by atoms with Crippen LogP contribution in [-0.4, -0.2) is 32.0 Å². The Bertz CT molecular complexity index is 198. The molecule has 102 valence electrons. The van der Waals surface area contributed by atoms with Crippen molar-refractivity contribution in [2.45, 2.75) is 52.1 Å². The average molecular weight is 243 g/mol. The number of hydrogen-bond donors (Lipinski definition) is 1. The van der Waals surface area contributed by atoms with Crippen molar-refractivity contribution in [1.29, 1.82) is 0 Å². The Morgan fingerprint density at radius 2 is 1.88 bits per heavy atom. The van der Waals surface area contributed by atoms with Gasteiger partial charge in [-0.15, -0.1) is 0 Å². The van der Waals surface area contributed by atoms with Gasteiger partial charge in [0.2, 0.25) is 0 Å². The van der Waals surface area contributed by atoms with Crippen LogP contribution in [0, 0.1) is 11.8 Å². The van der Waals surface area contributed by atoms with Crippen LogP contribution < -0.4 is 5.73 Å². The zero-order valence-electron chi connectivity index (χ0n) is 11.7. The average Bonchev–Trinajstić information content (AvgIpc) is 2.31. The molecule has 0 aromatic heterocycles. The lowest BCUT2D eigenvalue weighted by molar-refractivity contribution is -0.0886. The summed E-state index contributed by atoms with van der Waals surface area (Å²) in [6, 6.07) is 0. The van der Waals surface area contributed by atoms with Crippen molar-refractivity contribution < 1.29 is 9.47 Å². The third-order valence-electron chi connectivity index (χ3n) is 3.64. The van der Waals surface area contributed by atoms with Gasteiger partial charge in [-0.3, -0.25) is 0 Å². The van der Waals surface area contributed by atoms with Crippen molar-refractivity contribution in [2.24, 2.45) is 17.6 Å². The van der Waals surface area contributed by atoms with Crippen LogP contribution in [0.4, 0.5) is 0 Å². The standard InChI is InChI=1S/C14H29NO2/c1-12(2)10-16-8-9-17-14(11-15)6-4-13(3)5-7-14/h12-13H,4-11,15H2,1-3H3. The van der Waals surface area contributed by atoms with Crippen LogP contribution in [0.5, 0.6) is 0 Å². The van der Waals surface area contributed by atoms with E-state index in [0.29, 0.717) is 25.7 Å². The summed E-state index contributed by atoms with van der Waals surface area (Å²) < 4.78 is 11.5.